The van der Waals surface area contributed by atoms with Crippen molar-refractivity contribution >= 4 is 17.5 Å². The number of piperidine rings is 1. The number of rotatable bonds is 2. The van der Waals surface area contributed by atoms with Gasteiger partial charge < -0.3 is 16.0 Å². The summed E-state index contributed by atoms with van der Waals surface area (Å²) in [7, 11) is 0. The molecule has 2 amide bonds. The molecule has 1 aliphatic rings. The standard InChI is InChI=1S/C13H18N4O2/c1-9(18)17-7-4-10(5-8-17)16-13(19)12-11(14)3-2-6-15-12/h2-3,6,10H,4-5,7-8,14H2,1H3,(H,16,19). The number of aromatic nitrogens is 1. The first-order valence-corrected chi connectivity index (χ1v) is 6.35. The number of carbonyl (C=O) groups excluding carboxylic acids is 2. The van der Waals surface area contributed by atoms with Crippen molar-refractivity contribution in [3.63, 3.8) is 0 Å². The van der Waals surface area contributed by atoms with Crippen LogP contribution in [-0.2, 0) is 4.79 Å². The molecule has 1 aliphatic heterocycles. The highest BCUT2D eigenvalue weighted by atomic mass is 16.2. The fourth-order valence-electron chi connectivity index (χ4n) is 2.20. The van der Waals surface area contributed by atoms with Crippen LogP contribution in [0.15, 0.2) is 18.3 Å². The average Bonchev–Trinajstić information content (AvgIpc) is 2.39. The minimum absolute atomic E-state index is 0.0736. The van der Waals surface area contributed by atoms with Gasteiger partial charge in [0.05, 0.1) is 5.69 Å². The quantitative estimate of drug-likeness (QED) is 0.807. The molecule has 0 radical (unpaired) electrons. The van der Waals surface area contributed by atoms with Crippen molar-refractivity contribution in [1.29, 1.82) is 0 Å². The van der Waals surface area contributed by atoms with E-state index in [0.717, 1.165) is 12.8 Å². The first-order valence-electron chi connectivity index (χ1n) is 6.35. The topological polar surface area (TPSA) is 88.3 Å². The van der Waals surface area contributed by atoms with Gasteiger partial charge in [0.25, 0.3) is 5.91 Å². The van der Waals surface area contributed by atoms with Crippen LogP contribution in [0.1, 0.15) is 30.3 Å². The Bertz CT molecular complexity index is 481. The van der Waals surface area contributed by atoms with Crippen molar-refractivity contribution in [2.24, 2.45) is 0 Å². The van der Waals surface area contributed by atoms with E-state index in [4.69, 9.17) is 5.73 Å². The highest BCUT2D eigenvalue weighted by molar-refractivity contribution is 5.97. The molecule has 0 unspecified atom stereocenters. The molecule has 2 heterocycles. The molecule has 2 rings (SSSR count). The summed E-state index contributed by atoms with van der Waals surface area (Å²) in [6, 6.07) is 3.42. The number of hydrogen-bond donors (Lipinski definition) is 2. The van der Waals surface area contributed by atoms with Gasteiger partial charge in [-0.2, -0.15) is 0 Å². The number of pyridine rings is 1. The number of amides is 2. The number of anilines is 1. The van der Waals surface area contributed by atoms with Crippen LogP contribution in [0.3, 0.4) is 0 Å². The predicted octanol–water partition coefficient (Wildman–Crippen LogP) is 0.404. The van der Waals surface area contributed by atoms with E-state index in [1.165, 1.54) is 0 Å². The van der Waals surface area contributed by atoms with Crippen molar-refractivity contribution in [3.05, 3.63) is 24.0 Å². The molecule has 0 bridgehead atoms. The predicted molar refractivity (Wildman–Crippen MR) is 71.4 cm³/mol. The van der Waals surface area contributed by atoms with Gasteiger partial charge in [0.1, 0.15) is 0 Å². The maximum atomic E-state index is 12.0. The molecule has 0 saturated carbocycles. The van der Waals surface area contributed by atoms with Crippen LogP contribution < -0.4 is 11.1 Å². The molecule has 0 atom stereocenters. The Hall–Kier alpha value is -2.11. The minimum Gasteiger partial charge on any atom is -0.397 e. The molecule has 0 aromatic carbocycles. The summed E-state index contributed by atoms with van der Waals surface area (Å²) in [5, 5.41) is 2.92. The van der Waals surface area contributed by atoms with Crippen LogP contribution >= 0.6 is 0 Å². The summed E-state index contributed by atoms with van der Waals surface area (Å²) in [5.74, 6) is -0.168. The Kier molecular flexibility index (Phi) is 3.99. The number of nitrogen functional groups attached to an aromatic ring is 1. The molecule has 1 aromatic rings. The largest absolute Gasteiger partial charge is 0.397 e. The van der Waals surface area contributed by atoms with Crippen molar-refractivity contribution < 1.29 is 9.59 Å². The van der Waals surface area contributed by atoms with Crippen molar-refractivity contribution in [2.75, 3.05) is 18.8 Å². The third kappa shape index (κ3) is 3.21. The van der Waals surface area contributed by atoms with Gasteiger partial charge in [0, 0.05) is 32.3 Å². The van der Waals surface area contributed by atoms with E-state index < -0.39 is 0 Å². The fourth-order valence-corrected chi connectivity index (χ4v) is 2.20. The molecule has 1 fully saturated rings. The number of nitrogens with zero attached hydrogens (tertiary/aromatic N) is 2. The highest BCUT2D eigenvalue weighted by Crippen LogP contribution is 2.12. The van der Waals surface area contributed by atoms with Crippen LogP contribution in [0, 0.1) is 0 Å². The van der Waals surface area contributed by atoms with E-state index >= 15 is 0 Å². The number of carbonyl (C=O) groups is 2. The van der Waals surface area contributed by atoms with Crippen LogP contribution in [0.25, 0.3) is 0 Å². The number of hydrogen-bond acceptors (Lipinski definition) is 4. The Labute approximate surface area is 112 Å². The van der Waals surface area contributed by atoms with Gasteiger partial charge in [0.15, 0.2) is 5.69 Å². The van der Waals surface area contributed by atoms with Crippen molar-refractivity contribution in [1.82, 2.24) is 15.2 Å². The monoisotopic (exact) mass is 262 g/mol. The second-order valence-corrected chi connectivity index (χ2v) is 4.70. The van der Waals surface area contributed by atoms with E-state index in [1.807, 2.05) is 0 Å². The zero-order valence-corrected chi connectivity index (χ0v) is 10.9. The van der Waals surface area contributed by atoms with E-state index in [2.05, 4.69) is 10.3 Å². The van der Waals surface area contributed by atoms with Gasteiger partial charge in [-0.25, -0.2) is 4.98 Å². The van der Waals surface area contributed by atoms with Gasteiger partial charge >= 0.3 is 0 Å². The molecule has 102 valence electrons. The summed E-state index contributed by atoms with van der Waals surface area (Å²) in [6.07, 6.45) is 3.07. The van der Waals surface area contributed by atoms with Gasteiger partial charge in [-0.05, 0) is 25.0 Å². The van der Waals surface area contributed by atoms with Crippen LogP contribution in [0.5, 0.6) is 0 Å². The van der Waals surface area contributed by atoms with Crippen LogP contribution in [0.4, 0.5) is 5.69 Å². The van der Waals surface area contributed by atoms with Crippen LogP contribution in [-0.4, -0.2) is 40.8 Å². The SMILES string of the molecule is CC(=O)N1CCC(NC(=O)c2ncccc2N)CC1. The van der Waals surface area contributed by atoms with Gasteiger partial charge in [-0.1, -0.05) is 0 Å². The fraction of sp³-hybridized carbons (Fsp3) is 0.462. The third-order valence-corrected chi connectivity index (χ3v) is 3.33. The maximum Gasteiger partial charge on any atom is 0.272 e. The zero-order valence-electron chi connectivity index (χ0n) is 10.9. The molecule has 0 aliphatic carbocycles. The lowest BCUT2D eigenvalue weighted by molar-refractivity contribution is -0.129. The Morgan fingerprint density at radius 2 is 2.11 bits per heavy atom. The third-order valence-electron chi connectivity index (χ3n) is 3.33. The Balaban J connectivity index is 1.91. The summed E-state index contributed by atoms with van der Waals surface area (Å²) in [6.45, 7) is 2.92. The Morgan fingerprint density at radius 1 is 1.42 bits per heavy atom. The number of likely N-dealkylation sites (tertiary alicyclic amines) is 1. The van der Waals surface area contributed by atoms with Gasteiger partial charge in [0.2, 0.25) is 5.91 Å². The normalized spacial score (nSPS) is 16.2. The number of nitrogens with two attached hydrogens (primary N) is 1. The first kappa shape index (κ1) is 13.3. The zero-order chi connectivity index (χ0) is 13.8. The smallest absolute Gasteiger partial charge is 0.272 e. The summed E-state index contributed by atoms with van der Waals surface area (Å²) in [4.78, 5) is 29.0. The highest BCUT2D eigenvalue weighted by Gasteiger charge is 2.23. The van der Waals surface area contributed by atoms with Crippen molar-refractivity contribution in [3.8, 4) is 0 Å². The molecule has 1 saturated heterocycles. The average molecular weight is 262 g/mol. The van der Waals surface area contributed by atoms with E-state index in [0.29, 0.717) is 18.8 Å². The first-order chi connectivity index (χ1) is 9.08. The lowest BCUT2D eigenvalue weighted by atomic mass is 10.0. The molecular weight excluding hydrogens is 244 g/mol. The molecular formula is C13H18N4O2. The van der Waals surface area contributed by atoms with E-state index in [-0.39, 0.29) is 23.6 Å². The summed E-state index contributed by atoms with van der Waals surface area (Å²) < 4.78 is 0. The number of nitrogens with one attached hydrogen (secondary N) is 1. The lowest BCUT2D eigenvalue weighted by Gasteiger charge is -2.31. The molecule has 3 N–H and O–H groups in total. The summed E-state index contributed by atoms with van der Waals surface area (Å²) >= 11 is 0. The van der Waals surface area contributed by atoms with Crippen LogP contribution in [0.2, 0.25) is 0 Å². The molecule has 6 heteroatoms. The second-order valence-electron chi connectivity index (χ2n) is 4.70. The molecule has 19 heavy (non-hydrogen) atoms. The minimum atomic E-state index is -0.251. The van der Waals surface area contributed by atoms with Crippen molar-refractivity contribution in [2.45, 2.75) is 25.8 Å². The van der Waals surface area contributed by atoms with Gasteiger partial charge in [-0.3, -0.25) is 9.59 Å². The van der Waals surface area contributed by atoms with E-state index in [1.54, 1.807) is 30.2 Å². The molecule has 0 spiro atoms. The maximum absolute atomic E-state index is 12.0. The van der Waals surface area contributed by atoms with Gasteiger partial charge in [-0.15, -0.1) is 0 Å². The second kappa shape index (κ2) is 5.69. The summed E-state index contributed by atoms with van der Waals surface area (Å²) in [5.41, 5.74) is 6.35. The van der Waals surface area contributed by atoms with E-state index in [9.17, 15) is 9.59 Å². The molecule has 6 nitrogen and oxygen atoms in total. The molecule has 1 aromatic heterocycles. The Morgan fingerprint density at radius 3 is 2.68 bits per heavy atom. The lowest BCUT2D eigenvalue weighted by Crippen LogP contribution is -2.46.